The van der Waals surface area contributed by atoms with E-state index in [2.05, 4.69) is 0 Å². The van der Waals surface area contributed by atoms with E-state index in [1.807, 2.05) is 0 Å². The van der Waals surface area contributed by atoms with E-state index >= 15 is 0 Å². The Morgan fingerprint density at radius 1 is 1.44 bits per heavy atom. The van der Waals surface area contributed by atoms with Crippen molar-refractivity contribution in [1.29, 1.82) is 0 Å². The Bertz CT molecular complexity index is 172. The first kappa shape index (κ1) is 9.20. The van der Waals surface area contributed by atoms with E-state index in [1.54, 1.807) is 0 Å². The lowest BCUT2D eigenvalue weighted by Gasteiger charge is -2.08. The molecule has 1 N–H and O–H groups in total. The predicted octanol–water partition coefficient (Wildman–Crippen LogP) is 0.890. The summed E-state index contributed by atoms with van der Waals surface area (Å²) in [6.07, 6.45) is 0. The van der Waals surface area contributed by atoms with Crippen LogP contribution in [0.5, 0.6) is 0 Å². The molecule has 56 valence electrons. The van der Waals surface area contributed by atoms with Gasteiger partial charge in [-0.25, -0.2) is 0 Å². The molecule has 0 aliphatic carbocycles. The van der Waals surface area contributed by atoms with Crippen LogP contribution in [-0.2, 0) is 10.1 Å². The quantitative estimate of drug-likeness (QED) is 0.497. The van der Waals surface area contributed by atoms with Crippen LogP contribution < -0.4 is 0 Å². The summed E-state index contributed by atoms with van der Waals surface area (Å²) >= 11 is 5.37. The molecule has 5 heteroatoms. The van der Waals surface area contributed by atoms with Gasteiger partial charge in [0, 0.05) is 5.38 Å². The van der Waals surface area contributed by atoms with Crippen molar-refractivity contribution in [2.75, 3.05) is 0 Å². The van der Waals surface area contributed by atoms with E-state index in [1.165, 1.54) is 13.8 Å². The highest BCUT2D eigenvalue weighted by Crippen LogP contribution is 2.08. The summed E-state index contributed by atoms with van der Waals surface area (Å²) in [5.41, 5.74) is 0. The highest BCUT2D eigenvalue weighted by atomic mass is 35.5. The van der Waals surface area contributed by atoms with Crippen LogP contribution in [0.3, 0.4) is 0 Å². The minimum atomic E-state index is -3.93. The monoisotopic (exact) mass is 172 g/mol. The van der Waals surface area contributed by atoms with Crippen molar-refractivity contribution in [2.45, 2.75) is 24.5 Å². The molecule has 0 heterocycles. The lowest BCUT2D eigenvalue weighted by atomic mass is 10.4. The molecule has 0 aliphatic heterocycles. The lowest BCUT2D eigenvalue weighted by molar-refractivity contribution is 0.469. The average molecular weight is 173 g/mol. The van der Waals surface area contributed by atoms with Gasteiger partial charge in [0.1, 0.15) is 0 Å². The molecule has 0 aromatic rings. The van der Waals surface area contributed by atoms with Crippen LogP contribution in [0.1, 0.15) is 13.8 Å². The van der Waals surface area contributed by atoms with Crippen molar-refractivity contribution < 1.29 is 13.0 Å². The third-order valence-electron chi connectivity index (χ3n) is 1.12. The van der Waals surface area contributed by atoms with Gasteiger partial charge >= 0.3 is 0 Å². The zero-order valence-electron chi connectivity index (χ0n) is 5.20. The molecule has 0 fully saturated rings. The minimum absolute atomic E-state index is 0.556. The molecular weight excluding hydrogens is 164 g/mol. The fourth-order valence-electron chi connectivity index (χ4n) is 0.237. The topological polar surface area (TPSA) is 54.4 Å². The number of rotatable bonds is 2. The van der Waals surface area contributed by atoms with Crippen LogP contribution >= 0.6 is 11.6 Å². The zero-order chi connectivity index (χ0) is 7.65. The fourth-order valence-corrected chi connectivity index (χ4v) is 1.10. The third-order valence-corrected chi connectivity index (χ3v) is 2.99. The van der Waals surface area contributed by atoms with Gasteiger partial charge in [0.25, 0.3) is 10.1 Å². The van der Waals surface area contributed by atoms with Gasteiger partial charge in [-0.15, -0.1) is 11.6 Å². The van der Waals surface area contributed by atoms with Gasteiger partial charge < -0.3 is 0 Å². The van der Waals surface area contributed by atoms with Crippen molar-refractivity contribution in [2.24, 2.45) is 0 Å². The van der Waals surface area contributed by atoms with Crippen molar-refractivity contribution in [1.82, 2.24) is 0 Å². The summed E-state index contributed by atoms with van der Waals surface area (Å²) in [6.45, 7) is 2.87. The number of alkyl halides is 1. The van der Waals surface area contributed by atoms with Crippen LogP contribution in [0, 0.1) is 0 Å². The van der Waals surface area contributed by atoms with E-state index in [4.69, 9.17) is 16.2 Å². The Hall–Kier alpha value is 0.200. The summed E-state index contributed by atoms with van der Waals surface area (Å²) in [5, 5.41) is -1.45. The number of hydrogen-bond donors (Lipinski definition) is 1. The summed E-state index contributed by atoms with van der Waals surface area (Å²) in [5.74, 6) is 0. The summed E-state index contributed by atoms with van der Waals surface area (Å²) in [6, 6.07) is 0. The second kappa shape index (κ2) is 2.86. The number of halogens is 1. The molecule has 9 heavy (non-hydrogen) atoms. The molecule has 0 saturated heterocycles. The molecule has 0 saturated carbocycles. The Morgan fingerprint density at radius 2 is 1.78 bits per heavy atom. The van der Waals surface area contributed by atoms with Crippen LogP contribution in [0.15, 0.2) is 0 Å². The minimum Gasteiger partial charge on any atom is -0.285 e. The van der Waals surface area contributed by atoms with Gasteiger partial charge in [0.2, 0.25) is 0 Å². The zero-order valence-corrected chi connectivity index (χ0v) is 6.78. The first-order chi connectivity index (χ1) is 3.85. The van der Waals surface area contributed by atoms with Crippen LogP contribution in [0.4, 0.5) is 0 Å². The van der Waals surface area contributed by atoms with Crippen LogP contribution in [-0.4, -0.2) is 23.6 Å². The summed E-state index contributed by atoms with van der Waals surface area (Å²) in [7, 11) is -3.93. The molecule has 0 aromatic carbocycles. The van der Waals surface area contributed by atoms with E-state index in [0.717, 1.165) is 0 Å². The Kier molecular flexibility index (Phi) is 2.92. The largest absolute Gasteiger partial charge is 0.285 e. The average Bonchev–Trinajstić information content (AvgIpc) is 1.62. The summed E-state index contributed by atoms with van der Waals surface area (Å²) < 4.78 is 28.8. The standard InChI is InChI=1S/C4H9ClO3S/c1-3(5)4(2)9(6,7)8/h3-4H,1-2H3,(H,6,7,8). The maximum absolute atomic E-state index is 10.2. The highest BCUT2D eigenvalue weighted by molar-refractivity contribution is 7.86. The molecule has 2 atom stereocenters. The molecule has 0 amide bonds. The maximum Gasteiger partial charge on any atom is 0.268 e. The predicted molar refractivity (Wildman–Crippen MR) is 36.3 cm³/mol. The molecule has 0 bridgehead atoms. The number of hydrogen-bond acceptors (Lipinski definition) is 2. The van der Waals surface area contributed by atoms with Gasteiger partial charge in [-0.3, -0.25) is 4.55 Å². The Balaban J connectivity index is 4.24. The van der Waals surface area contributed by atoms with Gasteiger partial charge in [0.15, 0.2) is 0 Å². The van der Waals surface area contributed by atoms with E-state index < -0.39 is 20.7 Å². The highest BCUT2D eigenvalue weighted by Gasteiger charge is 2.21. The lowest BCUT2D eigenvalue weighted by Crippen LogP contribution is -2.24. The van der Waals surface area contributed by atoms with Gasteiger partial charge in [0.05, 0.1) is 5.25 Å². The molecule has 0 radical (unpaired) electrons. The second-order valence-corrected chi connectivity index (χ2v) is 4.36. The normalized spacial score (nSPS) is 19.1. The third kappa shape index (κ3) is 3.03. The molecule has 0 aliphatic rings. The van der Waals surface area contributed by atoms with Crippen molar-refractivity contribution in [3.05, 3.63) is 0 Å². The first-order valence-electron chi connectivity index (χ1n) is 2.46. The molecule has 3 nitrogen and oxygen atoms in total. The fraction of sp³-hybridized carbons (Fsp3) is 1.00. The van der Waals surface area contributed by atoms with Crippen LogP contribution in [0.2, 0.25) is 0 Å². The first-order valence-corrected chi connectivity index (χ1v) is 4.40. The van der Waals surface area contributed by atoms with Gasteiger partial charge in [-0.05, 0) is 13.8 Å². The molecular formula is C4H9ClO3S. The molecule has 0 aromatic heterocycles. The Morgan fingerprint density at radius 3 is 1.78 bits per heavy atom. The molecule has 2 unspecified atom stereocenters. The van der Waals surface area contributed by atoms with Crippen molar-refractivity contribution in [3.8, 4) is 0 Å². The maximum atomic E-state index is 10.2. The van der Waals surface area contributed by atoms with E-state index in [-0.39, 0.29) is 0 Å². The smallest absolute Gasteiger partial charge is 0.268 e. The SMILES string of the molecule is CC(Cl)C(C)S(=O)(=O)O. The van der Waals surface area contributed by atoms with E-state index in [9.17, 15) is 8.42 Å². The van der Waals surface area contributed by atoms with Crippen LogP contribution in [0.25, 0.3) is 0 Å². The van der Waals surface area contributed by atoms with Crippen molar-refractivity contribution >= 4 is 21.7 Å². The van der Waals surface area contributed by atoms with Gasteiger partial charge in [-0.2, -0.15) is 8.42 Å². The van der Waals surface area contributed by atoms with Gasteiger partial charge in [-0.1, -0.05) is 0 Å². The molecule has 0 spiro atoms. The van der Waals surface area contributed by atoms with Crippen molar-refractivity contribution in [3.63, 3.8) is 0 Å². The second-order valence-electron chi connectivity index (χ2n) is 1.90. The Labute approximate surface area is 59.8 Å². The van der Waals surface area contributed by atoms with E-state index in [0.29, 0.717) is 0 Å². The molecule has 0 rings (SSSR count). The summed E-state index contributed by atoms with van der Waals surface area (Å²) in [4.78, 5) is 0.